The van der Waals surface area contributed by atoms with Crippen LogP contribution in [0.1, 0.15) is 11.5 Å². The fourth-order valence-electron chi connectivity index (χ4n) is 1.90. The van der Waals surface area contributed by atoms with E-state index in [9.17, 15) is 9.59 Å². The van der Waals surface area contributed by atoms with Crippen LogP contribution in [-0.2, 0) is 14.3 Å². The molecule has 0 saturated heterocycles. The first-order valence-corrected chi connectivity index (χ1v) is 5.40. The minimum atomic E-state index is -0.574. The van der Waals surface area contributed by atoms with Crippen LogP contribution in [0.2, 0.25) is 0 Å². The first kappa shape index (κ1) is 10.6. The van der Waals surface area contributed by atoms with E-state index in [1.165, 1.54) is 6.20 Å². The third kappa shape index (κ3) is 1.66. The fraction of sp³-hybridized carbons (Fsp3) is 0.0769. The molecule has 0 radical (unpaired) electrons. The summed E-state index contributed by atoms with van der Waals surface area (Å²) in [6.45, 7) is 0. The first-order chi connectivity index (χ1) is 8.75. The maximum absolute atomic E-state index is 11.9. The lowest BCUT2D eigenvalue weighted by Crippen LogP contribution is -2.23. The molecule has 0 N–H and O–H groups in total. The topological polar surface area (TPSA) is 68.1 Å². The Labute approximate surface area is 102 Å². The van der Waals surface area contributed by atoms with E-state index in [2.05, 4.69) is 10.2 Å². The van der Waals surface area contributed by atoms with E-state index in [1.807, 2.05) is 30.3 Å². The summed E-state index contributed by atoms with van der Waals surface area (Å²) in [4.78, 5) is 23.4. The molecule has 1 aromatic rings. The molecule has 0 spiro atoms. The Bertz CT molecular complexity index is 614. The van der Waals surface area contributed by atoms with Crippen LogP contribution in [0.5, 0.6) is 0 Å². The van der Waals surface area contributed by atoms with E-state index in [-0.39, 0.29) is 5.76 Å². The SMILES string of the molecule is O=C1N=NC=C2OC(=O)C(c3ccccc3)C=C12. The summed E-state index contributed by atoms with van der Waals surface area (Å²) in [5, 5.41) is 6.89. The minimum Gasteiger partial charge on any atom is -0.423 e. The van der Waals surface area contributed by atoms with Crippen molar-refractivity contribution >= 4 is 11.9 Å². The zero-order chi connectivity index (χ0) is 12.5. The normalized spacial score (nSPS) is 21.9. The Morgan fingerprint density at radius 1 is 1.11 bits per heavy atom. The molecule has 2 aliphatic heterocycles. The van der Waals surface area contributed by atoms with Gasteiger partial charge in [0, 0.05) is 0 Å². The van der Waals surface area contributed by atoms with Gasteiger partial charge in [0.15, 0.2) is 5.76 Å². The molecule has 5 nitrogen and oxygen atoms in total. The minimum absolute atomic E-state index is 0.173. The molecule has 1 aromatic carbocycles. The molecule has 0 aliphatic carbocycles. The molecule has 1 amide bonds. The second-order valence-electron chi connectivity index (χ2n) is 3.90. The summed E-state index contributed by atoms with van der Waals surface area (Å²) in [6.07, 6.45) is 2.85. The second-order valence-corrected chi connectivity index (χ2v) is 3.90. The van der Waals surface area contributed by atoms with E-state index in [0.717, 1.165) is 5.56 Å². The Kier molecular flexibility index (Phi) is 2.37. The second kappa shape index (κ2) is 4.03. The van der Waals surface area contributed by atoms with Crippen molar-refractivity contribution in [3.63, 3.8) is 0 Å². The quantitative estimate of drug-likeness (QED) is 0.706. The van der Waals surface area contributed by atoms with Crippen LogP contribution in [0.3, 0.4) is 0 Å². The van der Waals surface area contributed by atoms with Crippen LogP contribution in [0, 0.1) is 0 Å². The van der Waals surface area contributed by atoms with E-state index in [4.69, 9.17) is 4.74 Å². The molecule has 88 valence electrons. The molecule has 2 heterocycles. The monoisotopic (exact) mass is 240 g/mol. The predicted octanol–water partition coefficient (Wildman–Crippen LogP) is 2.09. The van der Waals surface area contributed by atoms with Crippen LogP contribution in [-0.4, -0.2) is 11.9 Å². The van der Waals surface area contributed by atoms with Crippen molar-refractivity contribution in [1.82, 2.24) is 0 Å². The van der Waals surface area contributed by atoms with Crippen molar-refractivity contribution in [1.29, 1.82) is 0 Å². The van der Waals surface area contributed by atoms with Crippen LogP contribution < -0.4 is 0 Å². The van der Waals surface area contributed by atoms with Gasteiger partial charge >= 0.3 is 5.97 Å². The molecule has 18 heavy (non-hydrogen) atoms. The highest BCUT2D eigenvalue weighted by atomic mass is 16.5. The van der Waals surface area contributed by atoms with Crippen molar-refractivity contribution in [2.45, 2.75) is 5.92 Å². The molecule has 2 aliphatic rings. The van der Waals surface area contributed by atoms with Gasteiger partial charge in [0.2, 0.25) is 0 Å². The van der Waals surface area contributed by atoms with Gasteiger partial charge < -0.3 is 4.74 Å². The van der Waals surface area contributed by atoms with Gasteiger partial charge in [-0.25, -0.2) is 0 Å². The van der Waals surface area contributed by atoms with E-state index in [0.29, 0.717) is 5.57 Å². The lowest BCUT2D eigenvalue weighted by atomic mass is 9.93. The Balaban J connectivity index is 2.06. The summed E-state index contributed by atoms with van der Waals surface area (Å²) in [7, 11) is 0. The van der Waals surface area contributed by atoms with Crippen molar-refractivity contribution in [2.24, 2.45) is 10.2 Å². The van der Waals surface area contributed by atoms with Gasteiger partial charge in [-0.2, -0.15) is 5.11 Å². The molecule has 1 atom stereocenters. The van der Waals surface area contributed by atoms with Gasteiger partial charge in [-0.15, -0.1) is 5.11 Å². The summed E-state index contributed by atoms with van der Waals surface area (Å²) >= 11 is 0. The lowest BCUT2D eigenvalue weighted by molar-refractivity contribution is -0.140. The van der Waals surface area contributed by atoms with Gasteiger partial charge in [0.1, 0.15) is 5.92 Å². The average molecular weight is 240 g/mol. The zero-order valence-corrected chi connectivity index (χ0v) is 9.24. The third-order valence-electron chi connectivity index (χ3n) is 2.78. The number of nitrogens with zero attached hydrogens (tertiary/aromatic N) is 2. The standard InChI is InChI=1S/C13H8N2O3/c16-12-10-6-9(8-4-2-1-3-5-8)13(17)18-11(10)7-14-15-12/h1-7,9H. The van der Waals surface area contributed by atoms with Gasteiger partial charge in [0.25, 0.3) is 5.91 Å². The van der Waals surface area contributed by atoms with Crippen molar-refractivity contribution in [3.8, 4) is 0 Å². The lowest BCUT2D eigenvalue weighted by Gasteiger charge is -2.21. The van der Waals surface area contributed by atoms with Crippen molar-refractivity contribution in [3.05, 3.63) is 59.5 Å². The zero-order valence-electron chi connectivity index (χ0n) is 9.24. The highest BCUT2D eigenvalue weighted by molar-refractivity contribution is 6.01. The molecular formula is C13H8N2O3. The number of esters is 1. The summed E-state index contributed by atoms with van der Waals surface area (Å²) in [6, 6.07) is 9.14. The van der Waals surface area contributed by atoms with Crippen molar-refractivity contribution in [2.75, 3.05) is 0 Å². The third-order valence-corrected chi connectivity index (χ3v) is 2.78. The van der Waals surface area contributed by atoms with Crippen LogP contribution >= 0.6 is 0 Å². The maximum atomic E-state index is 11.9. The highest BCUT2D eigenvalue weighted by Gasteiger charge is 2.32. The molecular weight excluding hydrogens is 232 g/mol. The molecule has 5 heteroatoms. The number of fused-ring (bicyclic) bond motifs is 1. The number of amides is 1. The predicted molar refractivity (Wildman–Crippen MR) is 61.3 cm³/mol. The average Bonchev–Trinajstić information content (AvgIpc) is 2.39. The van der Waals surface area contributed by atoms with Crippen LogP contribution in [0.4, 0.5) is 0 Å². The Hall–Kier alpha value is -2.56. The number of hydrogen-bond acceptors (Lipinski definition) is 4. The van der Waals surface area contributed by atoms with E-state index in [1.54, 1.807) is 6.08 Å². The highest BCUT2D eigenvalue weighted by Crippen LogP contribution is 2.31. The Morgan fingerprint density at radius 3 is 2.67 bits per heavy atom. The van der Waals surface area contributed by atoms with Crippen LogP contribution in [0.15, 0.2) is 64.2 Å². The number of ether oxygens (including phenoxy) is 1. The smallest absolute Gasteiger partial charge is 0.322 e. The first-order valence-electron chi connectivity index (χ1n) is 5.40. The van der Waals surface area contributed by atoms with E-state index < -0.39 is 17.8 Å². The summed E-state index contributed by atoms with van der Waals surface area (Å²) in [5.74, 6) is -1.30. The largest absolute Gasteiger partial charge is 0.423 e. The molecule has 0 fully saturated rings. The number of azo groups is 1. The van der Waals surface area contributed by atoms with Gasteiger partial charge in [-0.05, 0) is 11.6 Å². The van der Waals surface area contributed by atoms with Crippen molar-refractivity contribution < 1.29 is 14.3 Å². The molecule has 0 aromatic heterocycles. The Morgan fingerprint density at radius 2 is 1.89 bits per heavy atom. The molecule has 1 unspecified atom stereocenters. The van der Waals surface area contributed by atoms with Gasteiger partial charge in [-0.1, -0.05) is 30.3 Å². The number of carbonyl (C=O) groups excluding carboxylic acids is 2. The molecule has 3 rings (SSSR count). The number of hydrogen-bond donors (Lipinski definition) is 0. The van der Waals surface area contributed by atoms with E-state index >= 15 is 0 Å². The summed E-state index contributed by atoms with van der Waals surface area (Å²) < 4.78 is 5.11. The number of benzene rings is 1. The molecule has 0 saturated carbocycles. The number of rotatable bonds is 1. The van der Waals surface area contributed by atoms with Gasteiger partial charge in [-0.3, -0.25) is 9.59 Å². The van der Waals surface area contributed by atoms with Gasteiger partial charge in [0.05, 0.1) is 11.8 Å². The summed E-state index contributed by atoms with van der Waals surface area (Å²) in [5.41, 5.74) is 1.07. The van der Waals surface area contributed by atoms with Crippen LogP contribution in [0.25, 0.3) is 0 Å². The molecule has 0 bridgehead atoms. The maximum Gasteiger partial charge on any atom is 0.322 e. The fourth-order valence-corrected chi connectivity index (χ4v) is 1.90. The number of carbonyl (C=O) groups is 2.